The number of hydrogen-bond donors (Lipinski definition) is 2. The first-order valence-corrected chi connectivity index (χ1v) is 6.25. The molecular weight excluding hydrogens is 152 g/mol. The predicted molar refractivity (Wildman–Crippen MR) is 53.9 cm³/mol. The average molecular weight is 170 g/mol. The third-order valence-corrected chi connectivity index (χ3v) is 5.83. The highest BCUT2D eigenvalue weighted by Crippen LogP contribution is 2.08. The minimum absolute atomic E-state index is 1.03. The summed E-state index contributed by atoms with van der Waals surface area (Å²) < 4.78 is 0. The zero-order valence-electron chi connectivity index (χ0n) is 7.48. The van der Waals surface area contributed by atoms with Crippen LogP contribution in [-0.2, 0) is 0 Å². The molecule has 0 aromatic carbocycles. The molecule has 0 bridgehead atoms. The molecule has 0 fully saturated rings. The van der Waals surface area contributed by atoms with E-state index in [1.807, 2.05) is 26.2 Å². The number of hydrogen-bond acceptors (Lipinski definition) is 2. The monoisotopic (exact) mass is 170 g/mol. The zero-order chi connectivity index (χ0) is 8.74. The van der Waals surface area contributed by atoms with Gasteiger partial charge < -0.3 is 9.96 Å². The van der Waals surface area contributed by atoms with Crippen molar-refractivity contribution in [3.05, 3.63) is 25.3 Å². The molecule has 0 heterocycles. The third-order valence-electron chi connectivity index (χ3n) is 1.94. The molecule has 0 aliphatic heterocycles. The Kier molecular flexibility index (Phi) is 5.11. The number of allylic oxidation sites excluding steroid dienone is 2. The molecule has 2 nitrogen and oxygen atoms in total. The summed E-state index contributed by atoms with van der Waals surface area (Å²) in [4.78, 5) is 6.70. The van der Waals surface area contributed by atoms with E-state index < -0.39 is 8.40 Å². The van der Waals surface area contributed by atoms with Gasteiger partial charge in [0.25, 0.3) is 0 Å². The van der Waals surface area contributed by atoms with Crippen LogP contribution in [0.15, 0.2) is 25.3 Å². The van der Waals surface area contributed by atoms with Crippen molar-refractivity contribution in [2.24, 2.45) is 0 Å². The van der Waals surface area contributed by atoms with Crippen molar-refractivity contribution < 1.29 is 0 Å². The Balaban J connectivity index is 4.17. The van der Waals surface area contributed by atoms with Gasteiger partial charge in [-0.2, -0.15) is 0 Å². The highest BCUT2D eigenvalue weighted by Gasteiger charge is 2.26. The average Bonchev–Trinajstić information content (AvgIpc) is 2.04. The van der Waals surface area contributed by atoms with Crippen molar-refractivity contribution in [3.8, 4) is 0 Å². The van der Waals surface area contributed by atoms with Crippen molar-refractivity contribution in [2.75, 3.05) is 14.1 Å². The highest BCUT2D eigenvalue weighted by atomic mass is 28.3. The summed E-state index contributed by atoms with van der Waals surface area (Å²) in [5, 5.41) is 0. The maximum Gasteiger partial charge on any atom is 0.208 e. The highest BCUT2D eigenvalue weighted by molar-refractivity contribution is 6.75. The minimum atomic E-state index is -1.48. The van der Waals surface area contributed by atoms with Crippen molar-refractivity contribution in [1.82, 2.24) is 9.96 Å². The van der Waals surface area contributed by atoms with Crippen LogP contribution in [-0.4, -0.2) is 22.5 Å². The smallest absolute Gasteiger partial charge is 0.208 e. The van der Waals surface area contributed by atoms with E-state index in [9.17, 15) is 0 Å². The van der Waals surface area contributed by atoms with Crippen molar-refractivity contribution in [3.63, 3.8) is 0 Å². The second-order valence-corrected chi connectivity index (χ2v) is 6.55. The Labute approximate surface area is 70.6 Å². The van der Waals surface area contributed by atoms with Crippen LogP contribution >= 0.6 is 0 Å². The fourth-order valence-corrected chi connectivity index (χ4v) is 3.33. The Morgan fingerprint density at radius 1 is 1.09 bits per heavy atom. The summed E-state index contributed by atoms with van der Waals surface area (Å²) in [6.45, 7) is 7.49. The first-order valence-electron chi connectivity index (χ1n) is 3.84. The second kappa shape index (κ2) is 5.29. The van der Waals surface area contributed by atoms with Crippen LogP contribution in [0.2, 0.25) is 12.1 Å². The molecular formula is C8H18N2Si. The Hall–Kier alpha value is -0.383. The molecule has 0 aliphatic carbocycles. The van der Waals surface area contributed by atoms with Gasteiger partial charge >= 0.3 is 0 Å². The lowest BCUT2D eigenvalue weighted by atomic mass is 10.7. The van der Waals surface area contributed by atoms with E-state index in [-0.39, 0.29) is 0 Å². The molecule has 0 radical (unpaired) electrons. The van der Waals surface area contributed by atoms with Crippen LogP contribution in [0.5, 0.6) is 0 Å². The van der Waals surface area contributed by atoms with Gasteiger partial charge in [-0.15, -0.1) is 13.2 Å². The fraction of sp³-hybridized carbons (Fsp3) is 0.500. The van der Waals surface area contributed by atoms with Crippen LogP contribution in [0, 0.1) is 0 Å². The van der Waals surface area contributed by atoms with Crippen LogP contribution in [0.25, 0.3) is 0 Å². The Morgan fingerprint density at radius 2 is 1.45 bits per heavy atom. The van der Waals surface area contributed by atoms with Crippen molar-refractivity contribution >= 4 is 8.40 Å². The van der Waals surface area contributed by atoms with Crippen molar-refractivity contribution in [1.29, 1.82) is 0 Å². The molecule has 0 saturated heterocycles. The molecule has 0 rings (SSSR count). The topological polar surface area (TPSA) is 24.1 Å². The summed E-state index contributed by atoms with van der Waals surface area (Å²) in [5.41, 5.74) is 0. The van der Waals surface area contributed by atoms with E-state index in [0.29, 0.717) is 0 Å². The first kappa shape index (κ1) is 10.6. The van der Waals surface area contributed by atoms with Crippen LogP contribution in [0.3, 0.4) is 0 Å². The molecule has 0 unspecified atom stereocenters. The molecule has 0 aromatic rings. The second-order valence-electron chi connectivity index (χ2n) is 2.57. The maximum absolute atomic E-state index is 3.74. The Bertz CT molecular complexity index is 118. The quantitative estimate of drug-likeness (QED) is 0.463. The Morgan fingerprint density at radius 3 is 1.64 bits per heavy atom. The van der Waals surface area contributed by atoms with Gasteiger partial charge in [-0.05, 0) is 26.2 Å². The molecule has 0 spiro atoms. The number of rotatable bonds is 6. The molecule has 64 valence electrons. The minimum Gasteiger partial charge on any atom is -0.328 e. The van der Waals surface area contributed by atoms with E-state index in [2.05, 4.69) is 23.1 Å². The number of nitrogens with one attached hydrogen (secondary N) is 2. The lowest BCUT2D eigenvalue weighted by Crippen LogP contribution is -2.58. The summed E-state index contributed by atoms with van der Waals surface area (Å²) in [6, 6.07) is 2.07. The molecule has 0 aliphatic rings. The predicted octanol–water partition coefficient (Wildman–Crippen LogP) is 1.24. The van der Waals surface area contributed by atoms with Gasteiger partial charge in [-0.25, -0.2) is 0 Å². The van der Waals surface area contributed by atoms with Crippen LogP contribution < -0.4 is 9.96 Å². The van der Waals surface area contributed by atoms with E-state index in [1.165, 1.54) is 0 Å². The van der Waals surface area contributed by atoms with Gasteiger partial charge in [-0.3, -0.25) is 0 Å². The molecule has 2 N–H and O–H groups in total. The van der Waals surface area contributed by atoms with Crippen LogP contribution in [0.1, 0.15) is 0 Å². The summed E-state index contributed by atoms with van der Waals surface area (Å²) >= 11 is 0. The standard InChI is InChI=1S/C8H18N2Si/c1-5-7-11(9-3,10-4)8-6-2/h5-6,9-10H,1-2,7-8H2,3-4H3. The lowest BCUT2D eigenvalue weighted by molar-refractivity contribution is 0.985. The molecule has 11 heavy (non-hydrogen) atoms. The lowest BCUT2D eigenvalue weighted by Gasteiger charge is -2.27. The SMILES string of the molecule is C=CC[Si](CC=C)(NC)NC. The molecule has 0 atom stereocenters. The molecule has 3 heteroatoms. The largest absolute Gasteiger partial charge is 0.328 e. The molecule has 0 amide bonds. The summed E-state index contributed by atoms with van der Waals surface area (Å²) in [6.07, 6.45) is 3.92. The molecule has 0 saturated carbocycles. The van der Waals surface area contributed by atoms with Gasteiger partial charge in [0.1, 0.15) is 0 Å². The van der Waals surface area contributed by atoms with E-state index in [4.69, 9.17) is 0 Å². The van der Waals surface area contributed by atoms with Gasteiger partial charge in [-0.1, -0.05) is 12.2 Å². The maximum atomic E-state index is 3.74. The van der Waals surface area contributed by atoms with Crippen molar-refractivity contribution in [2.45, 2.75) is 12.1 Å². The van der Waals surface area contributed by atoms with Gasteiger partial charge in [0.2, 0.25) is 8.40 Å². The van der Waals surface area contributed by atoms with E-state index in [1.54, 1.807) is 0 Å². The normalized spacial score (nSPS) is 11.1. The molecule has 0 aromatic heterocycles. The van der Waals surface area contributed by atoms with Gasteiger partial charge in [0, 0.05) is 0 Å². The zero-order valence-corrected chi connectivity index (χ0v) is 8.48. The summed E-state index contributed by atoms with van der Waals surface area (Å²) in [5.74, 6) is 0. The summed E-state index contributed by atoms with van der Waals surface area (Å²) in [7, 11) is 2.51. The van der Waals surface area contributed by atoms with E-state index in [0.717, 1.165) is 12.1 Å². The van der Waals surface area contributed by atoms with Crippen LogP contribution in [0.4, 0.5) is 0 Å². The fourth-order valence-electron chi connectivity index (χ4n) is 1.11. The van der Waals surface area contributed by atoms with Gasteiger partial charge in [0.15, 0.2) is 0 Å². The van der Waals surface area contributed by atoms with E-state index >= 15 is 0 Å². The van der Waals surface area contributed by atoms with Gasteiger partial charge in [0.05, 0.1) is 0 Å². The third kappa shape index (κ3) is 3.01. The first-order chi connectivity index (χ1) is 5.24.